The Morgan fingerprint density at radius 3 is 2.08 bits per heavy atom. The van der Waals surface area contributed by atoms with Gasteiger partial charge in [0.1, 0.15) is 0 Å². The van der Waals surface area contributed by atoms with Gasteiger partial charge in [0.2, 0.25) is 0 Å². The molecule has 0 aromatic carbocycles. The first-order chi connectivity index (χ1) is 6.06. The third-order valence-electron chi connectivity index (χ3n) is 2.20. The molecule has 0 spiro atoms. The van der Waals surface area contributed by atoms with E-state index < -0.39 is 0 Å². The van der Waals surface area contributed by atoms with Crippen molar-refractivity contribution in [2.45, 2.75) is 66.2 Å². The Morgan fingerprint density at radius 1 is 0.923 bits per heavy atom. The van der Waals surface area contributed by atoms with E-state index in [1.807, 2.05) is 0 Å². The van der Waals surface area contributed by atoms with Gasteiger partial charge < -0.3 is 0 Å². The van der Waals surface area contributed by atoms with Crippen LogP contribution in [0.5, 0.6) is 0 Å². The van der Waals surface area contributed by atoms with E-state index in [1.165, 1.54) is 38.5 Å². The normalized spacial score (nSPS) is 12.6. The zero-order valence-electron chi connectivity index (χ0n) is 9.90. The summed E-state index contributed by atoms with van der Waals surface area (Å²) in [6.45, 7) is 9.16. The highest BCUT2D eigenvalue weighted by Gasteiger charge is 2.07. The smallest absolute Gasteiger partial charge is 0.0346 e. The Labute approximate surface area is 84.4 Å². The van der Waals surface area contributed by atoms with Crippen molar-refractivity contribution in [1.82, 2.24) is 0 Å². The average molecular weight is 182 g/mol. The molecule has 0 bridgehead atoms. The second-order valence-electron chi connectivity index (χ2n) is 5.07. The Bertz CT molecular complexity index is 125. The van der Waals surface area contributed by atoms with Crippen molar-refractivity contribution in [3.8, 4) is 0 Å². The van der Waals surface area contributed by atoms with Gasteiger partial charge in [0, 0.05) is 0 Å². The molecule has 0 N–H and O–H groups in total. The Balaban J connectivity index is 3.22. The zero-order chi connectivity index (χ0) is 10.2. The molecular formula is C13H26. The van der Waals surface area contributed by atoms with Crippen LogP contribution in [0.1, 0.15) is 66.2 Å². The van der Waals surface area contributed by atoms with Crippen molar-refractivity contribution in [3.63, 3.8) is 0 Å². The molecule has 78 valence electrons. The van der Waals surface area contributed by atoms with E-state index in [1.54, 1.807) is 0 Å². The minimum Gasteiger partial charge on any atom is -0.0885 e. The number of hydrogen-bond acceptors (Lipinski definition) is 0. The lowest BCUT2D eigenvalue weighted by Crippen LogP contribution is -2.02. The van der Waals surface area contributed by atoms with Gasteiger partial charge in [-0.15, -0.1) is 0 Å². The Hall–Kier alpha value is -0.260. The van der Waals surface area contributed by atoms with Crippen LogP contribution < -0.4 is 0 Å². The maximum Gasteiger partial charge on any atom is -0.0346 e. The van der Waals surface area contributed by atoms with Crippen molar-refractivity contribution in [3.05, 3.63) is 12.2 Å². The maximum absolute atomic E-state index is 2.35. The van der Waals surface area contributed by atoms with Gasteiger partial charge in [-0.1, -0.05) is 52.7 Å². The van der Waals surface area contributed by atoms with Gasteiger partial charge in [0.25, 0.3) is 0 Å². The largest absolute Gasteiger partial charge is 0.0885 e. The molecule has 0 fully saturated rings. The fourth-order valence-electron chi connectivity index (χ4n) is 1.26. The maximum atomic E-state index is 2.35. The van der Waals surface area contributed by atoms with E-state index in [9.17, 15) is 0 Å². The van der Waals surface area contributed by atoms with Gasteiger partial charge in [-0.2, -0.15) is 0 Å². The van der Waals surface area contributed by atoms with E-state index in [2.05, 4.69) is 39.8 Å². The second kappa shape index (κ2) is 7.17. The van der Waals surface area contributed by atoms with Gasteiger partial charge in [-0.05, 0) is 31.1 Å². The Kier molecular flexibility index (Phi) is 7.03. The molecule has 0 amide bonds. The molecule has 0 aliphatic rings. The lowest BCUT2D eigenvalue weighted by atomic mass is 9.90. The Morgan fingerprint density at radius 2 is 1.54 bits per heavy atom. The molecule has 0 heteroatoms. The number of rotatable bonds is 6. The van der Waals surface area contributed by atoms with E-state index >= 15 is 0 Å². The molecule has 13 heavy (non-hydrogen) atoms. The molecule has 0 saturated carbocycles. The summed E-state index contributed by atoms with van der Waals surface area (Å²) < 4.78 is 0. The van der Waals surface area contributed by atoms with Gasteiger partial charge >= 0.3 is 0 Å². The molecule has 0 unspecified atom stereocenters. The predicted octanol–water partition coefficient (Wildman–Crippen LogP) is 4.95. The van der Waals surface area contributed by atoms with Crippen molar-refractivity contribution in [2.24, 2.45) is 5.41 Å². The average Bonchev–Trinajstić information content (AvgIpc) is 2.01. The lowest BCUT2D eigenvalue weighted by Gasteiger charge is -2.15. The highest BCUT2D eigenvalue weighted by atomic mass is 14.1. The first-order valence-electron chi connectivity index (χ1n) is 5.71. The molecule has 0 rings (SSSR count). The van der Waals surface area contributed by atoms with E-state index in [0.717, 1.165) is 0 Å². The van der Waals surface area contributed by atoms with Crippen molar-refractivity contribution in [2.75, 3.05) is 0 Å². The molecule has 0 radical (unpaired) electrons. The molecule has 0 aromatic heterocycles. The summed E-state index contributed by atoms with van der Waals surface area (Å²) in [5.41, 5.74) is 0.494. The first kappa shape index (κ1) is 12.7. The molecule has 0 nitrogen and oxygen atoms in total. The van der Waals surface area contributed by atoms with Gasteiger partial charge in [-0.3, -0.25) is 0 Å². The summed E-state index contributed by atoms with van der Waals surface area (Å²) in [4.78, 5) is 0. The summed E-state index contributed by atoms with van der Waals surface area (Å²) >= 11 is 0. The van der Waals surface area contributed by atoms with Crippen LogP contribution in [-0.2, 0) is 0 Å². The quantitative estimate of drug-likeness (QED) is 0.403. The van der Waals surface area contributed by atoms with Gasteiger partial charge in [0.15, 0.2) is 0 Å². The fraction of sp³-hybridized carbons (Fsp3) is 0.846. The fourth-order valence-corrected chi connectivity index (χ4v) is 1.26. The van der Waals surface area contributed by atoms with E-state index in [0.29, 0.717) is 5.41 Å². The van der Waals surface area contributed by atoms with Crippen molar-refractivity contribution < 1.29 is 0 Å². The first-order valence-corrected chi connectivity index (χ1v) is 5.71. The monoisotopic (exact) mass is 182 g/mol. The standard InChI is InChI=1S/C13H26/c1-5-6-7-8-9-10-11-12-13(2,3)4/h9-10H,5-8,11-12H2,1-4H3/b10-9-. The second-order valence-corrected chi connectivity index (χ2v) is 5.07. The van der Waals surface area contributed by atoms with Crippen LogP contribution in [0.3, 0.4) is 0 Å². The minimum absolute atomic E-state index is 0.494. The number of unbranched alkanes of at least 4 members (excludes halogenated alkanes) is 3. The van der Waals surface area contributed by atoms with Crippen LogP contribution in [0, 0.1) is 5.41 Å². The highest BCUT2D eigenvalue weighted by Crippen LogP contribution is 2.20. The summed E-state index contributed by atoms with van der Waals surface area (Å²) in [5.74, 6) is 0. The SMILES string of the molecule is CCCCC/C=C\CCC(C)(C)C. The van der Waals surface area contributed by atoms with E-state index in [-0.39, 0.29) is 0 Å². The number of allylic oxidation sites excluding steroid dienone is 2. The van der Waals surface area contributed by atoms with Crippen LogP contribution in [-0.4, -0.2) is 0 Å². The summed E-state index contributed by atoms with van der Waals surface area (Å²) in [7, 11) is 0. The van der Waals surface area contributed by atoms with Crippen molar-refractivity contribution >= 4 is 0 Å². The molecular weight excluding hydrogens is 156 g/mol. The van der Waals surface area contributed by atoms with Crippen LogP contribution in [0.2, 0.25) is 0 Å². The van der Waals surface area contributed by atoms with Gasteiger partial charge in [0.05, 0.1) is 0 Å². The summed E-state index contributed by atoms with van der Waals surface area (Å²) in [5, 5.41) is 0. The lowest BCUT2D eigenvalue weighted by molar-refractivity contribution is 0.381. The molecule has 0 saturated heterocycles. The van der Waals surface area contributed by atoms with Crippen LogP contribution >= 0.6 is 0 Å². The van der Waals surface area contributed by atoms with Crippen molar-refractivity contribution in [1.29, 1.82) is 0 Å². The van der Waals surface area contributed by atoms with Crippen LogP contribution in [0.15, 0.2) is 12.2 Å². The number of hydrogen-bond donors (Lipinski definition) is 0. The minimum atomic E-state index is 0.494. The molecule has 0 atom stereocenters. The predicted molar refractivity (Wildman–Crippen MR) is 62.0 cm³/mol. The summed E-state index contributed by atoms with van der Waals surface area (Å²) in [6.07, 6.45) is 12.6. The van der Waals surface area contributed by atoms with Crippen LogP contribution in [0.25, 0.3) is 0 Å². The molecule has 0 aliphatic carbocycles. The third-order valence-corrected chi connectivity index (χ3v) is 2.20. The topological polar surface area (TPSA) is 0 Å². The molecule has 0 aromatic rings. The van der Waals surface area contributed by atoms with E-state index in [4.69, 9.17) is 0 Å². The third kappa shape index (κ3) is 11.7. The summed E-state index contributed by atoms with van der Waals surface area (Å²) in [6, 6.07) is 0. The molecule has 0 aliphatic heterocycles. The highest BCUT2D eigenvalue weighted by molar-refractivity contribution is 4.82. The van der Waals surface area contributed by atoms with Gasteiger partial charge in [-0.25, -0.2) is 0 Å². The molecule has 0 heterocycles. The zero-order valence-corrected chi connectivity index (χ0v) is 9.90. The van der Waals surface area contributed by atoms with Crippen LogP contribution in [0.4, 0.5) is 0 Å².